The number of nitrogens with zero attached hydrogens (tertiary/aromatic N) is 2. The SMILES string of the molecule is Cn1ccnc1[C@@H](NS(=O)(=O)c1ccc(F)cc1Cl)c1ccc(F)cc1. The summed E-state index contributed by atoms with van der Waals surface area (Å²) in [6, 6.07) is 7.50. The molecule has 3 rings (SSSR count). The van der Waals surface area contributed by atoms with E-state index in [0.717, 1.165) is 18.2 Å². The zero-order valence-electron chi connectivity index (χ0n) is 13.5. The minimum Gasteiger partial charge on any atom is -0.336 e. The first-order chi connectivity index (χ1) is 12.3. The maximum atomic E-state index is 13.3. The van der Waals surface area contributed by atoms with Gasteiger partial charge in [0.15, 0.2) is 0 Å². The van der Waals surface area contributed by atoms with Gasteiger partial charge in [0.05, 0.1) is 5.02 Å². The highest BCUT2D eigenvalue weighted by molar-refractivity contribution is 7.89. The maximum Gasteiger partial charge on any atom is 0.243 e. The Labute approximate surface area is 154 Å². The van der Waals surface area contributed by atoms with Gasteiger partial charge in [0, 0.05) is 19.4 Å². The van der Waals surface area contributed by atoms with Gasteiger partial charge in [0.25, 0.3) is 0 Å². The van der Waals surface area contributed by atoms with Crippen LogP contribution in [0.2, 0.25) is 5.02 Å². The zero-order chi connectivity index (χ0) is 18.9. The number of hydrogen-bond donors (Lipinski definition) is 1. The van der Waals surface area contributed by atoms with Gasteiger partial charge < -0.3 is 4.57 Å². The van der Waals surface area contributed by atoms with Crippen molar-refractivity contribution in [3.63, 3.8) is 0 Å². The summed E-state index contributed by atoms with van der Waals surface area (Å²) in [5.41, 5.74) is 0.488. The first-order valence-corrected chi connectivity index (χ1v) is 9.34. The van der Waals surface area contributed by atoms with E-state index < -0.39 is 27.7 Å². The molecule has 0 unspecified atom stereocenters. The summed E-state index contributed by atoms with van der Waals surface area (Å²) >= 11 is 5.89. The van der Waals surface area contributed by atoms with Crippen molar-refractivity contribution in [2.75, 3.05) is 0 Å². The average molecular weight is 398 g/mol. The predicted molar refractivity (Wildman–Crippen MR) is 93.2 cm³/mol. The van der Waals surface area contributed by atoms with Crippen molar-refractivity contribution in [2.45, 2.75) is 10.9 Å². The van der Waals surface area contributed by atoms with Gasteiger partial charge in [0.2, 0.25) is 10.0 Å². The number of sulfonamides is 1. The molecule has 3 aromatic rings. The van der Waals surface area contributed by atoms with Crippen LogP contribution in [0.4, 0.5) is 8.78 Å². The average Bonchev–Trinajstić information content (AvgIpc) is 2.99. The Morgan fingerprint density at radius 3 is 2.35 bits per heavy atom. The van der Waals surface area contributed by atoms with Gasteiger partial charge in [-0.3, -0.25) is 0 Å². The number of aryl methyl sites for hydroxylation is 1. The quantitative estimate of drug-likeness (QED) is 0.717. The van der Waals surface area contributed by atoms with Crippen molar-refractivity contribution >= 4 is 21.6 Å². The van der Waals surface area contributed by atoms with E-state index in [1.807, 2.05) is 0 Å². The Balaban J connectivity index is 2.05. The first kappa shape index (κ1) is 18.5. The molecule has 1 aromatic heterocycles. The highest BCUT2D eigenvalue weighted by atomic mass is 35.5. The maximum absolute atomic E-state index is 13.3. The number of hydrogen-bond acceptors (Lipinski definition) is 3. The van der Waals surface area contributed by atoms with Crippen LogP contribution in [-0.4, -0.2) is 18.0 Å². The van der Waals surface area contributed by atoms with Crippen molar-refractivity contribution in [3.8, 4) is 0 Å². The molecule has 136 valence electrons. The number of rotatable bonds is 5. The lowest BCUT2D eigenvalue weighted by Crippen LogP contribution is -2.31. The summed E-state index contributed by atoms with van der Waals surface area (Å²) in [5.74, 6) is -0.691. The number of halogens is 3. The fourth-order valence-electron chi connectivity index (χ4n) is 2.49. The van der Waals surface area contributed by atoms with Crippen LogP contribution in [-0.2, 0) is 17.1 Å². The molecule has 0 spiro atoms. The molecule has 0 aliphatic carbocycles. The molecule has 0 radical (unpaired) electrons. The van der Waals surface area contributed by atoms with E-state index in [1.165, 1.54) is 30.5 Å². The van der Waals surface area contributed by atoms with Crippen molar-refractivity contribution in [1.29, 1.82) is 0 Å². The minimum atomic E-state index is -4.10. The third-order valence-electron chi connectivity index (χ3n) is 3.78. The molecule has 0 bridgehead atoms. The summed E-state index contributed by atoms with van der Waals surface area (Å²) < 4.78 is 56.2. The molecule has 0 saturated carbocycles. The standard InChI is InChI=1S/C17H14ClF2N3O2S/c1-23-9-8-21-17(23)16(11-2-4-12(19)5-3-11)22-26(24,25)15-7-6-13(20)10-14(15)18/h2-10,16,22H,1H3/t16-/m0/s1. The van der Waals surface area contributed by atoms with E-state index in [2.05, 4.69) is 9.71 Å². The lowest BCUT2D eigenvalue weighted by Gasteiger charge is -2.19. The topological polar surface area (TPSA) is 64.0 Å². The van der Waals surface area contributed by atoms with Crippen molar-refractivity contribution in [3.05, 3.63) is 82.9 Å². The third kappa shape index (κ3) is 3.77. The molecule has 5 nitrogen and oxygen atoms in total. The third-order valence-corrected chi connectivity index (χ3v) is 5.68. The van der Waals surface area contributed by atoms with E-state index in [-0.39, 0.29) is 9.92 Å². The molecule has 0 amide bonds. The summed E-state index contributed by atoms with van der Waals surface area (Å²) in [5, 5.41) is -0.241. The molecule has 26 heavy (non-hydrogen) atoms. The van der Waals surface area contributed by atoms with E-state index >= 15 is 0 Å². The molecular formula is C17H14ClF2N3O2S. The summed E-state index contributed by atoms with van der Waals surface area (Å²) in [7, 11) is -2.40. The van der Waals surface area contributed by atoms with E-state index in [1.54, 1.807) is 17.8 Å². The van der Waals surface area contributed by atoms with Crippen molar-refractivity contribution in [1.82, 2.24) is 14.3 Å². The van der Waals surface area contributed by atoms with Gasteiger partial charge in [0.1, 0.15) is 28.4 Å². The summed E-state index contributed by atoms with van der Waals surface area (Å²) in [4.78, 5) is 3.92. The van der Waals surface area contributed by atoms with E-state index in [9.17, 15) is 17.2 Å². The molecule has 0 aliphatic heterocycles. The van der Waals surface area contributed by atoms with Crippen LogP contribution in [0.25, 0.3) is 0 Å². The van der Waals surface area contributed by atoms with Gasteiger partial charge in [-0.2, -0.15) is 4.72 Å². The van der Waals surface area contributed by atoms with Gasteiger partial charge in [-0.25, -0.2) is 22.2 Å². The normalized spacial score (nSPS) is 12.9. The highest BCUT2D eigenvalue weighted by Gasteiger charge is 2.27. The highest BCUT2D eigenvalue weighted by Crippen LogP contribution is 2.27. The second-order valence-corrected chi connectivity index (χ2v) is 7.67. The second kappa shape index (κ2) is 7.14. The molecule has 9 heteroatoms. The lowest BCUT2D eigenvalue weighted by atomic mass is 10.1. The number of benzene rings is 2. The lowest BCUT2D eigenvalue weighted by molar-refractivity contribution is 0.561. The molecule has 0 saturated heterocycles. The van der Waals surface area contributed by atoms with Gasteiger partial charge in [-0.05, 0) is 35.9 Å². The summed E-state index contributed by atoms with van der Waals surface area (Å²) in [6.45, 7) is 0. The van der Waals surface area contributed by atoms with Crippen LogP contribution >= 0.6 is 11.6 Å². The molecule has 0 fully saturated rings. The van der Waals surface area contributed by atoms with Crippen molar-refractivity contribution < 1.29 is 17.2 Å². The van der Waals surface area contributed by atoms with Gasteiger partial charge in [-0.15, -0.1) is 0 Å². The van der Waals surface area contributed by atoms with Crippen LogP contribution in [0.3, 0.4) is 0 Å². The number of imidazole rings is 1. The fraction of sp³-hybridized carbons (Fsp3) is 0.118. The van der Waals surface area contributed by atoms with Crippen LogP contribution in [0.1, 0.15) is 17.4 Å². The van der Waals surface area contributed by atoms with Crippen LogP contribution in [0, 0.1) is 11.6 Å². The summed E-state index contributed by atoms with van der Waals surface area (Å²) in [6.07, 6.45) is 3.18. The van der Waals surface area contributed by atoms with Crippen LogP contribution in [0.15, 0.2) is 59.8 Å². The van der Waals surface area contributed by atoms with Crippen molar-refractivity contribution in [2.24, 2.45) is 7.05 Å². The van der Waals surface area contributed by atoms with Crippen LogP contribution in [0.5, 0.6) is 0 Å². The Morgan fingerprint density at radius 1 is 1.12 bits per heavy atom. The molecule has 0 aliphatic rings. The molecule has 2 aromatic carbocycles. The Kier molecular flexibility index (Phi) is 5.08. The van der Waals surface area contributed by atoms with Crippen LogP contribution < -0.4 is 4.72 Å². The minimum absolute atomic E-state index is 0.241. The smallest absolute Gasteiger partial charge is 0.243 e. The van der Waals surface area contributed by atoms with Gasteiger partial charge in [-0.1, -0.05) is 23.7 Å². The van der Waals surface area contributed by atoms with Gasteiger partial charge >= 0.3 is 0 Å². The largest absolute Gasteiger partial charge is 0.336 e. The molecular weight excluding hydrogens is 384 g/mol. The number of aromatic nitrogens is 2. The van der Waals surface area contributed by atoms with E-state index in [0.29, 0.717) is 11.4 Å². The van der Waals surface area contributed by atoms with E-state index in [4.69, 9.17) is 11.6 Å². The fourth-order valence-corrected chi connectivity index (χ4v) is 4.21. The number of nitrogens with one attached hydrogen (secondary N) is 1. The Bertz CT molecular complexity index is 1040. The first-order valence-electron chi connectivity index (χ1n) is 7.48. The molecule has 1 N–H and O–H groups in total. The monoisotopic (exact) mass is 397 g/mol. The molecule has 1 atom stereocenters. The predicted octanol–water partition coefficient (Wildman–Crippen LogP) is 3.42. The Morgan fingerprint density at radius 2 is 1.77 bits per heavy atom. The second-order valence-electron chi connectivity index (χ2n) is 5.58. The molecule has 1 heterocycles. The zero-order valence-corrected chi connectivity index (χ0v) is 15.1. The Hall–Kier alpha value is -2.29.